The standard InChI is InChI=1S/C15H27N5S.HI/c1-4-13(20-7-5-6-8-20)10-18-15(16-3)19-11-14-17-9-12(2)21-14;/h9,13H,4-8,10-11H2,1-3H3,(H2,16,18,19);1H. The number of rotatable bonds is 6. The number of aliphatic imine (C=N–C) groups is 1. The highest BCUT2D eigenvalue weighted by Crippen LogP contribution is 2.13. The molecule has 2 heterocycles. The Morgan fingerprint density at radius 2 is 2.14 bits per heavy atom. The summed E-state index contributed by atoms with van der Waals surface area (Å²) in [6, 6.07) is 0.605. The summed E-state index contributed by atoms with van der Waals surface area (Å²) < 4.78 is 0. The molecular formula is C15H28IN5S. The lowest BCUT2D eigenvalue weighted by atomic mass is 10.2. The Hall–Kier alpha value is -0.410. The number of hydrogen-bond donors (Lipinski definition) is 2. The van der Waals surface area contributed by atoms with Crippen LogP contribution in [0.5, 0.6) is 0 Å². The van der Waals surface area contributed by atoms with Crippen LogP contribution >= 0.6 is 35.3 Å². The molecule has 1 aliphatic heterocycles. The minimum atomic E-state index is 0. The van der Waals surface area contributed by atoms with Crippen LogP contribution in [0.1, 0.15) is 36.1 Å². The number of hydrogen-bond acceptors (Lipinski definition) is 4. The lowest BCUT2D eigenvalue weighted by molar-refractivity contribution is 0.236. The summed E-state index contributed by atoms with van der Waals surface area (Å²) in [6.45, 7) is 8.51. The SMILES string of the molecule is CCC(CNC(=NC)NCc1ncc(C)s1)N1CCCC1.I. The van der Waals surface area contributed by atoms with Gasteiger partial charge in [0.05, 0.1) is 6.54 Å². The summed E-state index contributed by atoms with van der Waals surface area (Å²) in [5.74, 6) is 0.862. The van der Waals surface area contributed by atoms with Crippen LogP contribution in [0.3, 0.4) is 0 Å². The van der Waals surface area contributed by atoms with E-state index in [0.29, 0.717) is 6.04 Å². The van der Waals surface area contributed by atoms with Crippen LogP contribution < -0.4 is 10.6 Å². The van der Waals surface area contributed by atoms with Gasteiger partial charge in [0.25, 0.3) is 0 Å². The van der Waals surface area contributed by atoms with Crippen molar-refractivity contribution in [1.82, 2.24) is 20.5 Å². The summed E-state index contributed by atoms with van der Waals surface area (Å²) in [6.07, 6.45) is 5.77. The van der Waals surface area contributed by atoms with Gasteiger partial charge >= 0.3 is 0 Å². The molecule has 2 rings (SSSR count). The molecule has 2 N–H and O–H groups in total. The first-order valence-electron chi connectivity index (χ1n) is 7.82. The van der Waals surface area contributed by atoms with Crippen molar-refractivity contribution in [2.45, 2.75) is 45.7 Å². The van der Waals surface area contributed by atoms with Crippen LogP contribution in [0.15, 0.2) is 11.2 Å². The topological polar surface area (TPSA) is 52.6 Å². The molecule has 0 aromatic carbocycles. The molecule has 1 aromatic rings. The van der Waals surface area contributed by atoms with E-state index in [1.54, 1.807) is 11.3 Å². The Balaban J connectivity index is 0.00000242. The van der Waals surface area contributed by atoms with E-state index >= 15 is 0 Å². The smallest absolute Gasteiger partial charge is 0.191 e. The molecule has 126 valence electrons. The highest BCUT2D eigenvalue weighted by Gasteiger charge is 2.20. The fourth-order valence-corrected chi connectivity index (χ4v) is 3.44. The molecule has 7 heteroatoms. The third kappa shape index (κ3) is 6.00. The molecule has 0 spiro atoms. The zero-order chi connectivity index (χ0) is 15.1. The van der Waals surface area contributed by atoms with E-state index in [1.165, 1.54) is 37.2 Å². The first-order chi connectivity index (χ1) is 10.2. The summed E-state index contributed by atoms with van der Waals surface area (Å²) in [4.78, 5) is 12.5. The number of thiazole rings is 1. The Bertz CT molecular complexity index is 457. The molecule has 22 heavy (non-hydrogen) atoms. The quantitative estimate of drug-likeness (QED) is 0.408. The van der Waals surface area contributed by atoms with Crippen LogP contribution in [-0.4, -0.2) is 48.6 Å². The molecular weight excluding hydrogens is 409 g/mol. The van der Waals surface area contributed by atoms with E-state index in [-0.39, 0.29) is 24.0 Å². The molecule has 0 bridgehead atoms. The van der Waals surface area contributed by atoms with Crippen LogP contribution in [0.4, 0.5) is 0 Å². The highest BCUT2D eigenvalue weighted by atomic mass is 127. The minimum absolute atomic E-state index is 0. The van der Waals surface area contributed by atoms with E-state index in [9.17, 15) is 0 Å². The molecule has 1 atom stereocenters. The lowest BCUT2D eigenvalue weighted by Crippen LogP contribution is -2.46. The second kappa shape index (κ2) is 10.4. The van der Waals surface area contributed by atoms with E-state index in [0.717, 1.165) is 24.1 Å². The Labute approximate surface area is 155 Å². The third-order valence-corrected chi connectivity index (χ3v) is 4.85. The number of nitrogens with zero attached hydrogens (tertiary/aromatic N) is 3. The van der Waals surface area contributed by atoms with Crippen LogP contribution in [0.2, 0.25) is 0 Å². The Morgan fingerprint density at radius 3 is 2.68 bits per heavy atom. The second-order valence-electron chi connectivity index (χ2n) is 5.48. The maximum absolute atomic E-state index is 4.36. The maximum Gasteiger partial charge on any atom is 0.191 e. The largest absolute Gasteiger partial charge is 0.355 e. The molecule has 1 saturated heterocycles. The van der Waals surface area contributed by atoms with Crippen molar-refractivity contribution in [2.24, 2.45) is 4.99 Å². The molecule has 1 unspecified atom stereocenters. The second-order valence-corrected chi connectivity index (χ2v) is 6.80. The summed E-state index contributed by atoms with van der Waals surface area (Å²) >= 11 is 1.72. The number of nitrogens with one attached hydrogen (secondary N) is 2. The van der Waals surface area contributed by atoms with Crippen molar-refractivity contribution in [3.63, 3.8) is 0 Å². The molecule has 1 aliphatic rings. The number of likely N-dealkylation sites (tertiary alicyclic amines) is 1. The van der Waals surface area contributed by atoms with Gasteiger partial charge in [-0.25, -0.2) is 4.98 Å². The van der Waals surface area contributed by atoms with Crippen molar-refractivity contribution >= 4 is 41.3 Å². The fourth-order valence-electron chi connectivity index (χ4n) is 2.72. The van der Waals surface area contributed by atoms with Gasteiger partial charge < -0.3 is 10.6 Å². The third-order valence-electron chi connectivity index (χ3n) is 3.93. The van der Waals surface area contributed by atoms with E-state index < -0.39 is 0 Å². The lowest BCUT2D eigenvalue weighted by Gasteiger charge is -2.27. The number of guanidine groups is 1. The van der Waals surface area contributed by atoms with Gasteiger partial charge in [-0.3, -0.25) is 9.89 Å². The molecule has 0 aliphatic carbocycles. The predicted molar refractivity (Wildman–Crippen MR) is 105 cm³/mol. The average molecular weight is 437 g/mol. The van der Waals surface area contributed by atoms with Crippen LogP contribution in [-0.2, 0) is 6.54 Å². The minimum Gasteiger partial charge on any atom is -0.355 e. The zero-order valence-corrected chi connectivity index (χ0v) is 16.9. The molecule has 0 saturated carbocycles. The normalized spacial score (nSPS) is 17.1. The molecule has 1 aromatic heterocycles. The molecule has 5 nitrogen and oxygen atoms in total. The van der Waals surface area contributed by atoms with Crippen molar-refractivity contribution in [2.75, 3.05) is 26.7 Å². The van der Waals surface area contributed by atoms with Gasteiger partial charge in [0.15, 0.2) is 5.96 Å². The first-order valence-corrected chi connectivity index (χ1v) is 8.64. The molecule has 0 radical (unpaired) electrons. The predicted octanol–water partition coefficient (Wildman–Crippen LogP) is 2.61. The maximum atomic E-state index is 4.36. The van der Waals surface area contributed by atoms with Crippen molar-refractivity contribution in [3.05, 3.63) is 16.1 Å². The van der Waals surface area contributed by atoms with Gasteiger partial charge in [0.2, 0.25) is 0 Å². The number of aryl methyl sites for hydroxylation is 1. The summed E-state index contributed by atoms with van der Waals surface area (Å²) in [7, 11) is 1.82. The molecule has 1 fully saturated rings. The van der Waals surface area contributed by atoms with Gasteiger partial charge in [-0.1, -0.05) is 6.92 Å². The summed E-state index contributed by atoms with van der Waals surface area (Å²) in [5, 5.41) is 7.88. The highest BCUT2D eigenvalue weighted by molar-refractivity contribution is 14.0. The van der Waals surface area contributed by atoms with Gasteiger partial charge in [0.1, 0.15) is 5.01 Å². The van der Waals surface area contributed by atoms with Crippen molar-refractivity contribution < 1.29 is 0 Å². The van der Waals surface area contributed by atoms with Crippen molar-refractivity contribution in [1.29, 1.82) is 0 Å². The fraction of sp³-hybridized carbons (Fsp3) is 0.733. The zero-order valence-electron chi connectivity index (χ0n) is 13.8. The van der Waals surface area contributed by atoms with Crippen molar-refractivity contribution in [3.8, 4) is 0 Å². The Kier molecular flexibility index (Phi) is 9.27. The van der Waals surface area contributed by atoms with Gasteiger partial charge in [0, 0.05) is 30.7 Å². The van der Waals surface area contributed by atoms with E-state index in [1.807, 2.05) is 13.2 Å². The van der Waals surface area contributed by atoms with Gasteiger partial charge in [-0.05, 0) is 39.3 Å². The van der Waals surface area contributed by atoms with Gasteiger partial charge in [-0.2, -0.15) is 0 Å². The number of halogens is 1. The summed E-state index contributed by atoms with van der Waals surface area (Å²) in [5.41, 5.74) is 0. The van der Waals surface area contributed by atoms with Crippen LogP contribution in [0.25, 0.3) is 0 Å². The number of aromatic nitrogens is 1. The molecule has 0 amide bonds. The van der Waals surface area contributed by atoms with E-state index in [2.05, 4.69) is 39.4 Å². The monoisotopic (exact) mass is 437 g/mol. The first kappa shape index (κ1) is 19.6. The van der Waals surface area contributed by atoms with Crippen LogP contribution in [0, 0.1) is 6.92 Å². The average Bonchev–Trinajstić information content (AvgIpc) is 3.14. The Morgan fingerprint density at radius 1 is 1.41 bits per heavy atom. The van der Waals surface area contributed by atoms with E-state index in [4.69, 9.17) is 0 Å². The van der Waals surface area contributed by atoms with Gasteiger partial charge in [-0.15, -0.1) is 35.3 Å².